The first-order valence-electron chi connectivity index (χ1n) is 7.22. The van der Waals surface area contributed by atoms with Gasteiger partial charge in [0.25, 0.3) is 5.56 Å². The molecule has 1 amide bonds. The Morgan fingerprint density at radius 1 is 1.40 bits per heavy atom. The van der Waals surface area contributed by atoms with Gasteiger partial charge < -0.3 is 10.2 Å². The topological polar surface area (TPSA) is 67.2 Å². The predicted molar refractivity (Wildman–Crippen MR) is 75.6 cm³/mol. The lowest BCUT2D eigenvalue weighted by Crippen LogP contribution is -2.44. The SMILES string of the molecule is Cn1ncc(N2CCCC(C(=O)NC3CC3)C2)cc1=O. The average Bonchev–Trinajstić information content (AvgIpc) is 3.26. The third-order valence-electron chi connectivity index (χ3n) is 4.03. The highest BCUT2D eigenvalue weighted by molar-refractivity contribution is 5.80. The van der Waals surface area contributed by atoms with Gasteiger partial charge in [0.05, 0.1) is 17.8 Å². The van der Waals surface area contributed by atoms with Gasteiger partial charge in [0.1, 0.15) is 0 Å². The smallest absolute Gasteiger partial charge is 0.268 e. The molecule has 1 saturated heterocycles. The molecule has 6 nitrogen and oxygen atoms in total. The van der Waals surface area contributed by atoms with Gasteiger partial charge >= 0.3 is 0 Å². The van der Waals surface area contributed by atoms with Crippen LogP contribution in [0.1, 0.15) is 25.7 Å². The molecule has 0 aromatic carbocycles. The molecule has 108 valence electrons. The molecule has 2 aliphatic rings. The van der Waals surface area contributed by atoms with Gasteiger partial charge in [-0.25, -0.2) is 4.68 Å². The van der Waals surface area contributed by atoms with Crippen LogP contribution >= 0.6 is 0 Å². The van der Waals surface area contributed by atoms with E-state index < -0.39 is 0 Å². The minimum atomic E-state index is -0.118. The second-order valence-electron chi connectivity index (χ2n) is 5.74. The molecule has 1 aromatic heterocycles. The zero-order valence-corrected chi connectivity index (χ0v) is 11.7. The number of aromatic nitrogens is 2. The standard InChI is InChI=1S/C14H20N4O2/c1-17-13(19)7-12(8-15-17)18-6-2-3-10(9-18)14(20)16-11-4-5-11/h7-8,10-11H,2-6,9H2,1H3,(H,16,20). The van der Waals surface area contributed by atoms with E-state index in [0.717, 1.165) is 37.9 Å². The third kappa shape index (κ3) is 2.84. The van der Waals surface area contributed by atoms with Crippen LogP contribution in [-0.2, 0) is 11.8 Å². The number of aryl methyl sites for hydroxylation is 1. The van der Waals surface area contributed by atoms with Crippen molar-refractivity contribution in [2.75, 3.05) is 18.0 Å². The van der Waals surface area contributed by atoms with Gasteiger partial charge in [0.2, 0.25) is 5.91 Å². The van der Waals surface area contributed by atoms with E-state index in [2.05, 4.69) is 15.3 Å². The number of hydrogen-bond acceptors (Lipinski definition) is 4. The normalized spacial score (nSPS) is 22.6. The first-order valence-corrected chi connectivity index (χ1v) is 7.22. The lowest BCUT2D eigenvalue weighted by molar-refractivity contribution is -0.125. The molecule has 0 bridgehead atoms. The number of carbonyl (C=O) groups excluding carboxylic acids is 1. The Morgan fingerprint density at radius 3 is 2.90 bits per heavy atom. The van der Waals surface area contributed by atoms with Crippen molar-refractivity contribution in [2.24, 2.45) is 13.0 Å². The summed E-state index contributed by atoms with van der Waals surface area (Å²) in [5.74, 6) is 0.183. The van der Waals surface area contributed by atoms with E-state index in [4.69, 9.17) is 0 Å². The van der Waals surface area contributed by atoms with E-state index in [0.29, 0.717) is 12.6 Å². The average molecular weight is 276 g/mol. The summed E-state index contributed by atoms with van der Waals surface area (Å²) in [6, 6.07) is 2.00. The molecule has 2 fully saturated rings. The molecule has 0 radical (unpaired) electrons. The molecule has 20 heavy (non-hydrogen) atoms. The van der Waals surface area contributed by atoms with Crippen LogP contribution in [0.25, 0.3) is 0 Å². The first kappa shape index (κ1) is 13.1. The molecule has 3 rings (SSSR count). The molecular formula is C14H20N4O2. The summed E-state index contributed by atoms with van der Waals surface area (Å²) in [5, 5.41) is 7.11. The lowest BCUT2D eigenvalue weighted by atomic mass is 9.97. The van der Waals surface area contributed by atoms with Crippen molar-refractivity contribution in [2.45, 2.75) is 31.7 Å². The van der Waals surface area contributed by atoms with Crippen molar-refractivity contribution in [3.8, 4) is 0 Å². The van der Waals surface area contributed by atoms with Crippen molar-refractivity contribution < 1.29 is 4.79 Å². The fourth-order valence-electron chi connectivity index (χ4n) is 2.61. The maximum Gasteiger partial charge on any atom is 0.268 e. The molecule has 1 atom stereocenters. The van der Waals surface area contributed by atoms with Crippen molar-refractivity contribution in [3.05, 3.63) is 22.6 Å². The maximum absolute atomic E-state index is 12.1. The van der Waals surface area contributed by atoms with E-state index in [1.54, 1.807) is 19.3 Å². The summed E-state index contributed by atoms with van der Waals surface area (Å²) in [5.41, 5.74) is 0.698. The number of rotatable bonds is 3. The summed E-state index contributed by atoms with van der Waals surface area (Å²) < 4.78 is 1.31. The second-order valence-corrected chi connectivity index (χ2v) is 5.74. The first-order chi connectivity index (χ1) is 9.63. The highest BCUT2D eigenvalue weighted by Crippen LogP contribution is 2.24. The summed E-state index contributed by atoms with van der Waals surface area (Å²) in [6.07, 6.45) is 5.81. The van der Waals surface area contributed by atoms with Crippen LogP contribution < -0.4 is 15.8 Å². The van der Waals surface area contributed by atoms with E-state index in [1.165, 1.54) is 4.68 Å². The number of amides is 1. The molecule has 1 N–H and O–H groups in total. The van der Waals surface area contributed by atoms with Crippen LogP contribution in [-0.4, -0.2) is 34.8 Å². The second kappa shape index (κ2) is 5.26. The van der Waals surface area contributed by atoms with Crippen molar-refractivity contribution in [1.29, 1.82) is 0 Å². The van der Waals surface area contributed by atoms with Crippen LogP contribution in [0.2, 0.25) is 0 Å². The van der Waals surface area contributed by atoms with Gasteiger partial charge in [-0.1, -0.05) is 0 Å². The highest BCUT2D eigenvalue weighted by atomic mass is 16.2. The quantitative estimate of drug-likeness (QED) is 0.861. The summed E-state index contributed by atoms with van der Waals surface area (Å²) in [4.78, 5) is 25.9. The van der Waals surface area contributed by atoms with Gasteiger partial charge in [0.15, 0.2) is 0 Å². The van der Waals surface area contributed by atoms with E-state index in [1.807, 2.05) is 0 Å². The maximum atomic E-state index is 12.1. The monoisotopic (exact) mass is 276 g/mol. The molecule has 1 aliphatic carbocycles. The fourth-order valence-corrected chi connectivity index (χ4v) is 2.61. The van der Waals surface area contributed by atoms with Crippen LogP contribution in [0, 0.1) is 5.92 Å². The number of anilines is 1. The number of piperidine rings is 1. The Kier molecular flexibility index (Phi) is 3.46. The molecule has 1 unspecified atom stereocenters. The Hall–Kier alpha value is -1.85. The van der Waals surface area contributed by atoms with E-state index >= 15 is 0 Å². The summed E-state index contributed by atoms with van der Waals surface area (Å²) in [6.45, 7) is 1.55. The summed E-state index contributed by atoms with van der Waals surface area (Å²) in [7, 11) is 1.63. The molecule has 0 spiro atoms. The summed E-state index contributed by atoms with van der Waals surface area (Å²) >= 11 is 0. The molecular weight excluding hydrogens is 256 g/mol. The van der Waals surface area contributed by atoms with Crippen LogP contribution in [0.5, 0.6) is 0 Å². The molecule has 1 aromatic rings. The third-order valence-corrected chi connectivity index (χ3v) is 4.03. The zero-order valence-electron chi connectivity index (χ0n) is 11.7. The number of hydrogen-bond donors (Lipinski definition) is 1. The van der Waals surface area contributed by atoms with Crippen molar-refractivity contribution in [3.63, 3.8) is 0 Å². The fraction of sp³-hybridized carbons (Fsp3) is 0.643. The van der Waals surface area contributed by atoms with Crippen LogP contribution in [0.3, 0.4) is 0 Å². The predicted octanol–water partition coefficient (Wildman–Crippen LogP) is 0.275. The van der Waals surface area contributed by atoms with Gasteiger partial charge in [-0.15, -0.1) is 0 Å². The number of nitrogens with one attached hydrogen (secondary N) is 1. The van der Waals surface area contributed by atoms with Crippen molar-refractivity contribution in [1.82, 2.24) is 15.1 Å². The molecule has 2 heterocycles. The Morgan fingerprint density at radius 2 is 2.20 bits per heavy atom. The molecule has 1 aliphatic heterocycles. The van der Waals surface area contributed by atoms with E-state index in [-0.39, 0.29) is 17.4 Å². The van der Waals surface area contributed by atoms with Gasteiger partial charge in [-0.3, -0.25) is 9.59 Å². The Labute approximate surface area is 117 Å². The number of nitrogens with zero attached hydrogens (tertiary/aromatic N) is 3. The zero-order chi connectivity index (χ0) is 14.1. The van der Waals surface area contributed by atoms with Gasteiger partial charge in [0, 0.05) is 32.2 Å². The van der Waals surface area contributed by atoms with Crippen LogP contribution in [0.15, 0.2) is 17.1 Å². The van der Waals surface area contributed by atoms with E-state index in [9.17, 15) is 9.59 Å². The van der Waals surface area contributed by atoms with Crippen molar-refractivity contribution >= 4 is 11.6 Å². The Bertz CT molecular complexity index is 565. The minimum absolute atomic E-state index is 0.0217. The number of carbonyl (C=O) groups is 1. The highest BCUT2D eigenvalue weighted by Gasteiger charge is 2.30. The molecule has 6 heteroatoms. The van der Waals surface area contributed by atoms with Crippen LogP contribution in [0.4, 0.5) is 5.69 Å². The molecule has 1 saturated carbocycles. The van der Waals surface area contributed by atoms with Gasteiger partial charge in [-0.05, 0) is 25.7 Å². The Balaban J connectivity index is 1.68. The van der Waals surface area contributed by atoms with Gasteiger partial charge in [-0.2, -0.15) is 5.10 Å². The minimum Gasteiger partial charge on any atom is -0.369 e. The largest absolute Gasteiger partial charge is 0.369 e. The lowest BCUT2D eigenvalue weighted by Gasteiger charge is -2.33.